The third kappa shape index (κ3) is 2.75. The summed E-state index contributed by atoms with van der Waals surface area (Å²) in [6.45, 7) is 1.66. The minimum absolute atomic E-state index is 0.180. The lowest BCUT2D eigenvalue weighted by Crippen LogP contribution is -2.35. The molecule has 1 N–H and O–H groups in total. The number of carboxylic acid groups (broad SMARTS) is 1. The summed E-state index contributed by atoms with van der Waals surface area (Å²) in [6.07, 6.45) is 0. The number of carbonyl (C=O) groups excluding carboxylic acids is 1. The molecule has 2 rings (SSSR count). The van der Waals surface area contributed by atoms with Crippen LogP contribution in [-0.2, 0) is 9.59 Å². The van der Waals surface area contributed by atoms with Crippen molar-refractivity contribution in [3.05, 3.63) is 43.1 Å². The Labute approximate surface area is 138 Å². The number of hydrogen-bond donors (Lipinski definition) is 1. The van der Waals surface area contributed by atoms with Crippen LogP contribution in [0.5, 0.6) is 0 Å². The molecule has 4 nitrogen and oxygen atoms in total. The first-order chi connectivity index (χ1) is 9.32. The molecule has 1 aliphatic rings. The first-order valence-electron chi connectivity index (χ1n) is 5.50. The van der Waals surface area contributed by atoms with Gasteiger partial charge in [0.15, 0.2) is 11.7 Å². The summed E-state index contributed by atoms with van der Waals surface area (Å²) in [6, 6.07) is 4.66. The molecule has 1 aromatic carbocycles. The Morgan fingerprint density at radius 1 is 1.35 bits per heavy atom. The standard InChI is InChI=1S/C13H8Cl2INO3/c1-5-10(16)12(18)9(13(19)20)11(17-5)6-2-3-7(14)8(15)4-6/h2-4,9H,1H3,(H,19,20). The van der Waals surface area contributed by atoms with E-state index in [0.29, 0.717) is 19.9 Å². The summed E-state index contributed by atoms with van der Waals surface area (Å²) in [5.41, 5.74) is 1.15. The fraction of sp³-hybridized carbons (Fsp3) is 0.154. The normalized spacial score (nSPS) is 19.1. The monoisotopic (exact) mass is 423 g/mol. The van der Waals surface area contributed by atoms with Gasteiger partial charge in [-0.2, -0.15) is 0 Å². The first-order valence-corrected chi connectivity index (χ1v) is 7.33. The fourth-order valence-corrected chi connectivity index (χ4v) is 2.57. The molecule has 0 fully saturated rings. The zero-order valence-corrected chi connectivity index (χ0v) is 13.8. The van der Waals surface area contributed by atoms with Gasteiger partial charge in [0.2, 0.25) is 0 Å². The molecule has 1 unspecified atom stereocenters. The SMILES string of the molecule is CC1=C(I)C(=O)C(C(=O)O)C(c2ccc(Cl)c(Cl)c2)=N1. The van der Waals surface area contributed by atoms with Crippen molar-refractivity contribution in [1.82, 2.24) is 0 Å². The lowest BCUT2D eigenvalue weighted by molar-refractivity contribution is -0.142. The summed E-state index contributed by atoms with van der Waals surface area (Å²) in [7, 11) is 0. The molecule has 1 aromatic rings. The zero-order chi connectivity index (χ0) is 15.0. The number of aliphatic imine (C=N–C) groups is 1. The number of aliphatic carboxylic acids is 1. The highest BCUT2D eigenvalue weighted by Crippen LogP contribution is 2.30. The Balaban J connectivity index is 2.62. The number of Topliss-reactive ketones (excluding diaryl/α,β-unsaturated/α-hetero) is 1. The Hall–Kier alpha value is -0.920. The molecule has 0 spiro atoms. The van der Waals surface area contributed by atoms with Crippen LogP contribution in [-0.4, -0.2) is 22.6 Å². The number of rotatable bonds is 2. The Morgan fingerprint density at radius 2 is 2.00 bits per heavy atom. The molecule has 1 aliphatic heterocycles. The molecule has 7 heteroatoms. The maximum atomic E-state index is 12.1. The van der Waals surface area contributed by atoms with Gasteiger partial charge in [-0.3, -0.25) is 14.6 Å². The summed E-state index contributed by atoms with van der Waals surface area (Å²) in [4.78, 5) is 27.7. The van der Waals surface area contributed by atoms with Crippen molar-refractivity contribution >= 4 is 63.3 Å². The van der Waals surface area contributed by atoms with E-state index in [1.54, 1.807) is 19.1 Å². The van der Waals surface area contributed by atoms with E-state index in [4.69, 9.17) is 23.2 Å². The van der Waals surface area contributed by atoms with Crippen molar-refractivity contribution in [2.45, 2.75) is 6.92 Å². The summed E-state index contributed by atoms with van der Waals surface area (Å²) >= 11 is 13.6. The maximum absolute atomic E-state index is 12.1. The van der Waals surface area contributed by atoms with E-state index in [1.165, 1.54) is 6.07 Å². The molecule has 1 heterocycles. The predicted octanol–water partition coefficient (Wildman–Crippen LogP) is 3.73. The summed E-state index contributed by atoms with van der Waals surface area (Å²) in [5, 5.41) is 9.92. The van der Waals surface area contributed by atoms with E-state index in [9.17, 15) is 14.7 Å². The van der Waals surface area contributed by atoms with Gasteiger partial charge in [0.25, 0.3) is 0 Å². The molecule has 0 saturated heterocycles. The highest BCUT2D eigenvalue weighted by atomic mass is 127. The lowest BCUT2D eigenvalue weighted by Gasteiger charge is -2.20. The van der Waals surface area contributed by atoms with Gasteiger partial charge < -0.3 is 5.11 Å². The molecular formula is C13H8Cl2INO3. The van der Waals surface area contributed by atoms with Crippen LogP contribution in [0.3, 0.4) is 0 Å². The molecule has 0 saturated carbocycles. The molecule has 0 amide bonds. The van der Waals surface area contributed by atoms with E-state index < -0.39 is 17.7 Å². The lowest BCUT2D eigenvalue weighted by atomic mass is 9.90. The maximum Gasteiger partial charge on any atom is 0.320 e. The van der Waals surface area contributed by atoms with Crippen molar-refractivity contribution in [2.24, 2.45) is 10.9 Å². The van der Waals surface area contributed by atoms with Crippen molar-refractivity contribution in [1.29, 1.82) is 0 Å². The molecule has 104 valence electrons. The van der Waals surface area contributed by atoms with Gasteiger partial charge in [0, 0.05) is 0 Å². The first kappa shape index (κ1) is 15.5. The second kappa shape index (κ2) is 5.83. The predicted molar refractivity (Wildman–Crippen MR) is 85.9 cm³/mol. The fourth-order valence-electron chi connectivity index (χ4n) is 1.84. The van der Waals surface area contributed by atoms with Crippen molar-refractivity contribution in [2.75, 3.05) is 0 Å². The molecule has 0 bridgehead atoms. The molecule has 0 aromatic heterocycles. The molecule has 20 heavy (non-hydrogen) atoms. The van der Waals surface area contributed by atoms with Crippen LogP contribution in [0.2, 0.25) is 10.0 Å². The van der Waals surface area contributed by atoms with Gasteiger partial charge in [-0.25, -0.2) is 0 Å². The second-order valence-corrected chi connectivity index (χ2v) is 6.05. The van der Waals surface area contributed by atoms with Crippen LogP contribution in [0.15, 0.2) is 32.5 Å². The summed E-state index contributed by atoms with van der Waals surface area (Å²) < 4.78 is 0.332. The van der Waals surface area contributed by atoms with Gasteiger partial charge >= 0.3 is 5.97 Å². The van der Waals surface area contributed by atoms with Gasteiger partial charge in [-0.1, -0.05) is 29.3 Å². The van der Waals surface area contributed by atoms with Crippen molar-refractivity contribution in [3.8, 4) is 0 Å². The topological polar surface area (TPSA) is 66.7 Å². The van der Waals surface area contributed by atoms with E-state index in [-0.39, 0.29) is 10.7 Å². The van der Waals surface area contributed by atoms with Gasteiger partial charge in [-0.15, -0.1) is 0 Å². The average molecular weight is 424 g/mol. The van der Waals surface area contributed by atoms with Crippen LogP contribution >= 0.6 is 45.8 Å². The van der Waals surface area contributed by atoms with E-state index >= 15 is 0 Å². The molecule has 1 atom stereocenters. The Bertz CT molecular complexity index is 682. The number of carboxylic acids is 1. The second-order valence-electron chi connectivity index (χ2n) is 4.16. The van der Waals surface area contributed by atoms with E-state index in [1.807, 2.05) is 22.6 Å². The van der Waals surface area contributed by atoms with Gasteiger partial charge in [-0.05, 0) is 47.2 Å². The zero-order valence-electron chi connectivity index (χ0n) is 10.2. The Morgan fingerprint density at radius 3 is 2.55 bits per heavy atom. The van der Waals surface area contributed by atoms with Crippen LogP contribution in [0, 0.1) is 5.92 Å². The molecule has 0 aliphatic carbocycles. The smallest absolute Gasteiger partial charge is 0.320 e. The highest BCUT2D eigenvalue weighted by molar-refractivity contribution is 14.1. The minimum Gasteiger partial charge on any atom is -0.480 e. The van der Waals surface area contributed by atoms with E-state index in [0.717, 1.165) is 0 Å². The van der Waals surface area contributed by atoms with Crippen LogP contribution < -0.4 is 0 Å². The number of carbonyl (C=O) groups is 2. The number of allylic oxidation sites excluding steroid dienone is 2. The highest BCUT2D eigenvalue weighted by Gasteiger charge is 2.37. The van der Waals surface area contributed by atoms with E-state index in [2.05, 4.69) is 4.99 Å². The number of hydrogen-bond acceptors (Lipinski definition) is 3. The van der Waals surface area contributed by atoms with Crippen molar-refractivity contribution < 1.29 is 14.7 Å². The molecule has 0 radical (unpaired) electrons. The molecular weight excluding hydrogens is 416 g/mol. The minimum atomic E-state index is -1.32. The van der Waals surface area contributed by atoms with Crippen LogP contribution in [0.25, 0.3) is 0 Å². The van der Waals surface area contributed by atoms with Gasteiger partial charge in [0.1, 0.15) is 0 Å². The van der Waals surface area contributed by atoms with Crippen LogP contribution in [0.1, 0.15) is 12.5 Å². The number of benzene rings is 1. The number of ketones is 1. The largest absolute Gasteiger partial charge is 0.480 e. The quantitative estimate of drug-likeness (QED) is 0.582. The third-order valence-electron chi connectivity index (χ3n) is 2.82. The Kier molecular flexibility index (Phi) is 4.51. The van der Waals surface area contributed by atoms with Gasteiger partial charge in [0.05, 0.1) is 25.0 Å². The summed E-state index contributed by atoms with van der Waals surface area (Å²) in [5.74, 6) is -3.02. The average Bonchev–Trinajstić information content (AvgIpc) is 2.38. The number of halogens is 3. The van der Waals surface area contributed by atoms with Crippen LogP contribution in [0.4, 0.5) is 0 Å². The van der Waals surface area contributed by atoms with Crippen molar-refractivity contribution in [3.63, 3.8) is 0 Å². The number of nitrogens with zero attached hydrogens (tertiary/aromatic N) is 1. The third-order valence-corrected chi connectivity index (χ3v) is 4.87.